The van der Waals surface area contributed by atoms with Crippen molar-refractivity contribution in [3.63, 3.8) is 0 Å². The van der Waals surface area contributed by atoms with E-state index in [-0.39, 0.29) is 11.7 Å². The van der Waals surface area contributed by atoms with Crippen LogP contribution in [0.3, 0.4) is 0 Å². The van der Waals surface area contributed by atoms with E-state index in [9.17, 15) is 9.59 Å². The number of thiocarbonyl (C=S) groups is 1. The lowest BCUT2D eigenvalue weighted by Gasteiger charge is -2.15. The van der Waals surface area contributed by atoms with Crippen LogP contribution in [-0.2, 0) is 11.4 Å². The molecule has 1 heterocycles. The second-order valence-electron chi connectivity index (χ2n) is 5.47. The molecule has 1 fully saturated rings. The molecule has 4 nitrogen and oxygen atoms in total. The van der Waals surface area contributed by atoms with E-state index in [1.165, 1.54) is 23.6 Å². The summed E-state index contributed by atoms with van der Waals surface area (Å²) in [5, 5.41) is 0. The molecule has 25 heavy (non-hydrogen) atoms. The van der Waals surface area contributed by atoms with Gasteiger partial charge in [-0.05, 0) is 36.8 Å². The first-order chi connectivity index (χ1) is 12.0. The van der Waals surface area contributed by atoms with Gasteiger partial charge < -0.3 is 4.74 Å². The highest BCUT2D eigenvalue weighted by Gasteiger charge is 2.31. The number of nitrogens with zero attached hydrogens (tertiary/aromatic N) is 1. The highest BCUT2D eigenvalue weighted by molar-refractivity contribution is 8.27. The Morgan fingerprint density at radius 3 is 2.32 bits per heavy atom. The number of hydrogen-bond donors (Lipinski definition) is 0. The number of rotatable bonds is 5. The van der Waals surface area contributed by atoms with Crippen molar-refractivity contribution in [3.8, 4) is 5.75 Å². The van der Waals surface area contributed by atoms with Gasteiger partial charge in [0.1, 0.15) is 12.4 Å². The number of ether oxygens (including phenoxy) is 1. The van der Waals surface area contributed by atoms with Crippen LogP contribution in [-0.4, -0.2) is 16.0 Å². The van der Waals surface area contributed by atoms with Gasteiger partial charge >= 0.3 is 0 Å². The zero-order chi connectivity index (χ0) is 18.0. The first-order valence-corrected chi connectivity index (χ1v) is 8.76. The van der Waals surface area contributed by atoms with Crippen LogP contribution in [0.15, 0.2) is 60.0 Å². The molecule has 126 valence electrons. The van der Waals surface area contributed by atoms with Crippen LogP contribution >= 0.6 is 24.0 Å². The lowest BCUT2D eigenvalue weighted by atomic mass is 10.1. The molecule has 1 saturated heterocycles. The van der Waals surface area contributed by atoms with Gasteiger partial charge in [-0.15, -0.1) is 0 Å². The highest BCUT2D eigenvalue weighted by Crippen LogP contribution is 2.34. The zero-order valence-corrected chi connectivity index (χ0v) is 15.2. The van der Waals surface area contributed by atoms with Gasteiger partial charge in [0.2, 0.25) is 0 Å². The first-order valence-electron chi connectivity index (χ1n) is 7.53. The topological polar surface area (TPSA) is 46.6 Å². The van der Waals surface area contributed by atoms with E-state index in [0.29, 0.717) is 32.8 Å². The standard InChI is InChI=1S/C19H15NO3S2/c1-12(21)15-5-3-14(4-6-15)11-23-17-9-7-16(8-10-17)20-18(22)13(2)25-19(20)24/h3-10H,2,11H2,1H3. The van der Waals surface area contributed by atoms with Crippen LogP contribution in [0.1, 0.15) is 22.8 Å². The third-order valence-electron chi connectivity index (χ3n) is 3.70. The maximum atomic E-state index is 12.1. The van der Waals surface area contributed by atoms with E-state index < -0.39 is 0 Å². The van der Waals surface area contributed by atoms with Crippen LogP contribution < -0.4 is 9.64 Å². The Hall–Kier alpha value is -2.44. The zero-order valence-electron chi connectivity index (χ0n) is 13.5. The summed E-state index contributed by atoms with van der Waals surface area (Å²) in [5.74, 6) is 0.538. The highest BCUT2D eigenvalue weighted by atomic mass is 32.2. The summed E-state index contributed by atoms with van der Waals surface area (Å²) in [6, 6.07) is 14.5. The monoisotopic (exact) mass is 369 g/mol. The summed E-state index contributed by atoms with van der Waals surface area (Å²) in [4.78, 5) is 25.2. The summed E-state index contributed by atoms with van der Waals surface area (Å²) >= 11 is 6.41. The second-order valence-corrected chi connectivity index (χ2v) is 7.20. The molecule has 1 aliphatic heterocycles. The van der Waals surface area contributed by atoms with E-state index in [2.05, 4.69) is 6.58 Å². The minimum absolute atomic E-state index is 0.0401. The molecule has 3 rings (SSSR count). The number of benzene rings is 2. The Bertz CT molecular complexity index is 857. The number of amides is 1. The Kier molecular flexibility index (Phi) is 5.01. The molecule has 1 amide bonds. The predicted molar refractivity (Wildman–Crippen MR) is 104 cm³/mol. The first kappa shape index (κ1) is 17.4. The third kappa shape index (κ3) is 3.81. The molecule has 0 unspecified atom stereocenters. The van der Waals surface area contributed by atoms with Crippen molar-refractivity contribution >= 4 is 45.7 Å². The smallest absolute Gasteiger partial charge is 0.270 e. The average molecular weight is 369 g/mol. The van der Waals surface area contributed by atoms with Crippen molar-refractivity contribution < 1.29 is 14.3 Å². The number of ketones is 1. The fourth-order valence-corrected chi connectivity index (χ4v) is 3.48. The van der Waals surface area contributed by atoms with Crippen LogP contribution in [0.2, 0.25) is 0 Å². The van der Waals surface area contributed by atoms with E-state index in [1.54, 1.807) is 36.4 Å². The molecule has 0 spiro atoms. The molecule has 2 aromatic carbocycles. The minimum atomic E-state index is -0.186. The third-order valence-corrected chi connectivity index (χ3v) is 4.91. The number of hydrogen-bond acceptors (Lipinski definition) is 5. The molecule has 2 aromatic rings. The average Bonchev–Trinajstić information content (AvgIpc) is 2.86. The second kappa shape index (κ2) is 7.21. The summed E-state index contributed by atoms with van der Waals surface area (Å²) in [7, 11) is 0. The van der Waals surface area contributed by atoms with Crippen molar-refractivity contribution in [2.24, 2.45) is 0 Å². The number of anilines is 1. The number of Topliss-reactive ketones (excluding diaryl/α,β-unsaturated/α-hetero) is 1. The molecule has 1 aliphatic rings. The molecule has 0 atom stereocenters. The fourth-order valence-electron chi connectivity index (χ4n) is 2.32. The Labute approximate surface area is 155 Å². The van der Waals surface area contributed by atoms with Crippen molar-refractivity contribution in [3.05, 3.63) is 71.1 Å². The van der Waals surface area contributed by atoms with Crippen molar-refractivity contribution in [1.29, 1.82) is 0 Å². The van der Waals surface area contributed by atoms with Gasteiger partial charge in [0, 0.05) is 5.56 Å². The number of thioether (sulfide) groups is 1. The molecule has 6 heteroatoms. The Morgan fingerprint density at radius 2 is 1.80 bits per heavy atom. The van der Waals surface area contributed by atoms with Crippen LogP contribution in [0.25, 0.3) is 0 Å². The molecule has 0 aliphatic carbocycles. The van der Waals surface area contributed by atoms with Gasteiger partial charge in [-0.3, -0.25) is 14.5 Å². The van der Waals surface area contributed by atoms with Gasteiger partial charge in [-0.25, -0.2) is 0 Å². The minimum Gasteiger partial charge on any atom is -0.489 e. The van der Waals surface area contributed by atoms with Crippen molar-refractivity contribution in [1.82, 2.24) is 0 Å². The van der Waals surface area contributed by atoms with Crippen molar-refractivity contribution in [2.45, 2.75) is 13.5 Å². The summed E-state index contributed by atoms with van der Waals surface area (Å²) in [6.45, 7) is 5.63. The normalized spacial score (nSPS) is 14.1. The molecule has 0 bridgehead atoms. The van der Waals surface area contributed by atoms with Crippen LogP contribution in [0, 0.1) is 0 Å². The molecular formula is C19H15NO3S2. The SMILES string of the molecule is C=C1SC(=S)N(c2ccc(OCc3ccc(C(C)=O)cc3)cc2)C1=O. The maximum absolute atomic E-state index is 12.1. The van der Waals surface area contributed by atoms with Gasteiger partial charge in [-0.1, -0.05) is 54.8 Å². The van der Waals surface area contributed by atoms with Gasteiger partial charge in [0.15, 0.2) is 10.1 Å². The summed E-state index contributed by atoms with van der Waals surface area (Å²) in [5.41, 5.74) is 2.34. The largest absolute Gasteiger partial charge is 0.489 e. The lowest BCUT2D eigenvalue weighted by Crippen LogP contribution is -2.27. The lowest BCUT2D eigenvalue weighted by molar-refractivity contribution is -0.113. The van der Waals surface area contributed by atoms with E-state index in [0.717, 1.165) is 5.56 Å². The van der Waals surface area contributed by atoms with Crippen LogP contribution in [0.5, 0.6) is 5.75 Å². The molecule has 0 radical (unpaired) electrons. The molecule has 0 saturated carbocycles. The molecular weight excluding hydrogens is 354 g/mol. The Balaban J connectivity index is 1.65. The maximum Gasteiger partial charge on any atom is 0.270 e. The van der Waals surface area contributed by atoms with E-state index >= 15 is 0 Å². The van der Waals surface area contributed by atoms with E-state index in [1.807, 2.05) is 12.1 Å². The van der Waals surface area contributed by atoms with Gasteiger partial charge in [-0.2, -0.15) is 0 Å². The van der Waals surface area contributed by atoms with E-state index in [4.69, 9.17) is 17.0 Å². The van der Waals surface area contributed by atoms with Crippen molar-refractivity contribution in [2.75, 3.05) is 4.90 Å². The predicted octanol–water partition coefficient (Wildman–Crippen LogP) is 4.35. The molecule has 0 aromatic heterocycles. The Morgan fingerprint density at radius 1 is 1.16 bits per heavy atom. The summed E-state index contributed by atoms with van der Waals surface area (Å²) < 4.78 is 6.22. The fraction of sp³-hybridized carbons (Fsp3) is 0.105. The van der Waals surface area contributed by atoms with Gasteiger partial charge in [0.05, 0.1) is 10.6 Å². The number of carbonyl (C=O) groups excluding carboxylic acids is 2. The molecule has 0 N–H and O–H groups in total. The number of carbonyl (C=O) groups is 2. The van der Waals surface area contributed by atoms with Crippen LogP contribution in [0.4, 0.5) is 5.69 Å². The summed E-state index contributed by atoms with van der Waals surface area (Å²) in [6.07, 6.45) is 0. The van der Waals surface area contributed by atoms with Gasteiger partial charge in [0.25, 0.3) is 5.91 Å². The quantitative estimate of drug-likeness (QED) is 0.446.